The van der Waals surface area contributed by atoms with Crippen molar-refractivity contribution in [2.24, 2.45) is 11.8 Å². The van der Waals surface area contributed by atoms with Crippen LogP contribution in [0.3, 0.4) is 0 Å². The van der Waals surface area contributed by atoms with E-state index >= 15 is 0 Å². The highest BCUT2D eigenvalue weighted by Gasteiger charge is 2.27. The lowest BCUT2D eigenvalue weighted by Gasteiger charge is -2.38. The first-order valence-electron chi connectivity index (χ1n) is 6.00. The molecule has 0 aromatic heterocycles. The van der Waals surface area contributed by atoms with Crippen LogP contribution < -0.4 is 5.32 Å². The molecule has 1 N–H and O–H groups in total. The van der Waals surface area contributed by atoms with Crippen LogP contribution in [0.4, 0.5) is 0 Å². The van der Waals surface area contributed by atoms with Crippen molar-refractivity contribution in [3.8, 4) is 0 Å². The summed E-state index contributed by atoms with van der Waals surface area (Å²) in [6.45, 7) is 7.09. The molecule has 2 nitrogen and oxygen atoms in total. The third kappa shape index (κ3) is 3.25. The summed E-state index contributed by atoms with van der Waals surface area (Å²) in [5, 5.41) is 3.22. The van der Waals surface area contributed by atoms with Gasteiger partial charge >= 0.3 is 0 Å². The fourth-order valence-corrected chi connectivity index (χ4v) is 2.76. The Bertz CT molecular complexity index is 158. The number of nitrogens with one attached hydrogen (secondary N) is 1. The Morgan fingerprint density at radius 2 is 2.00 bits per heavy atom. The van der Waals surface area contributed by atoms with Crippen LogP contribution in [0.5, 0.6) is 0 Å². The summed E-state index contributed by atoms with van der Waals surface area (Å²) >= 11 is 0. The molecule has 0 aromatic carbocycles. The molecule has 0 aromatic rings. The molecule has 0 saturated heterocycles. The zero-order chi connectivity index (χ0) is 10.6. The second-order valence-electron chi connectivity index (χ2n) is 5.05. The SMILES string of the molecule is CNCCN(C)C1CCC(C)CC1C. The van der Waals surface area contributed by atoms with E-state index in [1.54, 1.807) is 0 Å². The lowest BCUT2D eigenvalue weighted by Crippen LogP contribution is -2.42. The van der Waals surface area contributed by atoms with Crippen molar-refractivity contribution in [2.45, 2.75) is 39.2 Å². The van der Waals surface area contributed by atoms with Gasteiger partial charge in [-0.2, -0.15) is 0 Å². The molecule has 0 radical (unpaired) electrons. The van der Waals surface area contributed by atoms with Crippen LogP contribution in [-0.2, 0) is 0 Å². The molecular weight excluding hydrogens is 172 g/mol. The van der Waals surface area contributed by atoms with E-state index in [0.29, 0.717) is 0 Å². The predicted molar refractivity (Wildman–Crippen MR) is 62.5 cm³/mol. The van der Waals surface area contributed by atoms with E-state index in [0.717, 1.165) is 24.4 Å². The quantitative estimate of drug-likeness (QED) is 0.743. The van der Waals surface area contributed by atoms with Gasteiger partial charge in [0.05, 0.1) is 0 Å². The Morgan fingerprint density at radius 1 is 1.29 bits per heavy atom. The van der Waals surface area contributed by atoms with Crippen LogP contribution in [0.25, 0.3) is 0 Å². The maximum Gasteiger partial charge on any atom is 0.0119 e. The number of nitrogens with zero attached hydrogens (tertiary/aromatic N) is 1. The zero-order valence-corrected chi connectivity index (χ0v) is 10.2. The van der Waals surface area contributed by atoms with E-state index in [2.05, 4.69) is 31.1 Å². The van der Waals surface area contributed by atoms with Crippen molar-refractivity contribution in [3.05, 3.63) is 0 Å². The molecule has 1 fully saturated rings. The normalized spacial score (nSPS) is 33.6. The van der Waals surface area contributed by atoms with Crippen LogP contribution in [0, 0.1) is 11.8 Å². The van der Waals surface area contributed by atoms with Gasteiger partial charge in [-0.05, 0) is 45.2 Å². The Morgan fingerprint density at radius 3 is 2.57 bits per heavy atom. The van der Waals surface area contributed by atoms with Gasteiger partial charge in [-0.15, -0.1) is 0 Å². The van der Waals surface area contributed by atoms with Gasteiger partial charge in [-0.1, -0.05) is 13.8 Å². The predicted octanol–water partition coefficient (Wildman–Crippen LogP) is 1.96. The molecular formula is C12H26N2. The van der Waals surface area contributed by atoms with Gasteiger partial charge in [-0.25, -0.2) is 0 Å². The van der Waals surface area contributed by atoms with Crippen LogP contribution in [-0.4, -0.2) is 38.1 Å². The second kappa shape index (κ2) is 5.72. The summed E-state index contributed by atoms with van der Waals surface area (Å²) in [7, 11) is 4.30. The van der Waals surface area contributed by atoms with E-state index < -0.39 is 0 Å². The Kier molecular flexibility index (Phi) is 4.90. The number of rotatable bonds is 4. The largest absolute Gasteiger partial charge is 0.318 e. The van der Waals surface area contributed by atoms with Gasteiger partial charge in [0.2, 0.25) is 0 Å². The summed E-state index contributed by atoms with van der Waals surface area (Å²) in [5.41, 5.74) is 0. The highest BCUT2D eigenvalue weighted by molar-refractivity contribution is 4.82. The van der Waals surface area contributed by atoms with Crippen molar-refractivity contribution in [1.82, 2.24) is 10.2 Å². The molecule has 0 spiro atoms. The topological polar surface area (TPSA) is 15.3 Å². The molecule has 1 saturated carbocycles. The number of likely N-dealkylation sites (N-methyl/N-ethyl adjacent to an activating group) is 2. The average Bonchev–Trinajstić information content (AvgIpc) is 2.14. The minimum atomic E-state index is 0.819. The summed E-state index contributed by atoms with van der Waals surface area (Å²) in [5.74, 6) is 1.82. The molecule has 0 heterocycles. The number of hydrogen-bond donors (Lipinski definition) is 1. The van der Waals surface area contributed by atoms with Crippen molar-refractivity contribution in [2.75, 3.05) is 27.2 Å². The molecule has 14 heavy (non-hydrogen) atoms. The molecule has 1 aliphatic carbocycles. The van der Waals surface area contributed by atoms with E-state index in [1.165, 1.54) is 25.8 Å². The Labute approximate surface area is 89.1 Å². The maximum atomic E-state index is 3.22. The highest BCUT2D eigenvalue weighted by Crippen LogP contribution is 2.31. The van der Waals surface area contributed by atoms with Gasteiger partial charge in [0.1, 0.15) is 0 Å². The third-order valence-electron chi connectivity index (χ3n) is 3.67. The van der Waals surface area contributed by atoms with Gasteiger partial charge < -0.3 is 10.2 Å². The van der Waals surface area contributed by atoms with Crippen LogP contribution in [0.2, 0.25) is 0 Å². The zero-order valence-electron chi connectivity index (χ0n) is 10.2. The maximum absolute atomic E-state index is 3.22. The van der Waals surface area contributed by atoms with Gasteiger partial charge in [0, 0.05) is 19.1 Å². The molecule has 84 valence electrons. The van der Waals surface area contributed by atoms with E-state index in [4.69, 9.17) is 0 Å². The standard InChI is InChI=1S/C12H26N2/c1-10-5-6-12(11(2)9-10)14(4)8-7-13-3/h10-13H,5-9H2,1-4H3. The van der Waals surface area contributed by atoms with E-state index in [-0.39, 0.29) is 0 Å². The first kappa shape index (κ1) is 12.0. The molecule has 1 rings (SSSR count). The second-order valence-corrected chi connectivity index (χ2v) is 5.05. The monoisotopic (exact) mass is 198 g/mol. The lowest BCUT2D eigenvalue weighted by atomic mass is 9.79. The molecule has 0 amide bonds. The first-order chi connectivity index (χ1) is 6.65. The Hall–Kier alpha value is -0.0800. The van der Waals surface area contributed by atoms with Crippen molar-refractivity contribution in [3.63, 3.8) is 0 Å². The Balaban J connectivity index is 2.35. The fourth-order valence-electron chi connectivity index (χ4n) is 2.76. The summed E-state index contributed by atoms with van der Waals surface area (Å²) < 4.78 is 0. The van der Waals surface area contributed by atoms with Gasteiger partial charge in [0.15, 0.2) is 0 Å². The third-order valence-corrected chi connectivity index (χ3v) is 3.67. The molecule has 3 unspecified atom stereocenters. The summed E-state index contributed by atoms with van der Waals surface area (Å²) in [4.78, 5) is 2.53. The molecule has 2 heteroatoms. The fraction of sp³-hybridized carbons (Fsp3) is 1.00. The molecule has 0 aliphatic heterocycles. The highest BCUT2D eigenvalue weighted by atomic mass is 15.1. The van der Waals surface area contributed by atoms with Crippen LogP contribution in [0.1, 0.15) is 33.1 Å². The lowest BCUT2D eigenvalue weighted by molar-refractivity contribution is 0.118. The van der Waals surface area contributed by atoms with Crippen molar-refractivity contribution in [1.29, 1.82) is 0 Å². The molecule has 1 aliphatic rings. The summed E-state index contributed by atoms with van der Waals surface area (Å²) in [6.07, 6.45) is 4.22. The van der Waals surface area contributed by atoms with Gasteiger partial charge in [0.25, 0.3) is 0 Å². The van der Waals surface area contributed by atoms with E-state index in [1.807, 2.05) is 7.05 Å². The van der Waals surface area contributed by atoms with Crippen molar-refractivity contribution >= 4 is 0 Å². The average molecular weight is 198 g/mol. The van der Waals surface area contributed by atoms with Crippen molar-refractivity contribution < 1.29 is 0 Å². The molecule has 0 bridgehead atoms. The minimum Gasteiger partial charge on any atom is -0.318 e. The van der Waals surface area contributed by atoms with Gasteiger partial charge in [-0.3, -0.25) is 0 Å². The number of hydrogen-bond acceptors (Lipinski definition) is 2. The molecule has 3 atom stereocenters. The van der Waals surface area contributed by atoms with Crippen LogP contribution in [0.15, 0.2) is 0 Å². The minimum absolute atomic E-state index is 0.819. The summed E-state index contributed by atoms with van der Waals surface area (Å²) in [6, 6.07) is 0.819. The smallest absolute Gasteiger partial charge is 0.0119 e. The van der Waals surface area contributed by atoms with Crippen LogP contribution >= 0.6 is 0 Å². The van der Waals surface area contributed by atoms with E-state index in [9.17, 15) is 0 Å². The first-order valence-corrected chi connectivity index (χ1v) is 6.00.